The number of nitrogens with one attached hydrogen (secondary N) is 1. The third-order valence-corrected chi connectivity index (χ3v) is 3.20. The minimum atomic E-state index is -0.837. The molecule has 0 bridgehead atoms. The van der Waals surface area contributed by atoms with Crippen LogP contribution in [-0.2, 0) is 6.42 Å². The van der Waals surface area contributed by atoms with Crippen molar-refractivity contribution in [1.82, 2.24) is 10.3 Å². The van der Waals surface area contributed by atoms with E-state index in [-0.39, 0.29) is 23.9 Å². The van der Waals surface area contributed by atoms with Crippen molar-refractivity contribution in [1.29, 1.82) is 0 Å². The van der Waals surface area contributed by atoms with Crippen LogP contribution in [0.3, 0.4) is 0 Å². The molecule has 0 aliphatic rings. The van der Waals surface area contributed by atoms with E-state index >= 15 is 0 Å². The molecule has 0 saturated heterocycles. The van der Waals surface area contributed by atoms with Gasteiger partial charge in [-0.15, -0.1) is 0 Å². The number of nitrogens with two attached hydrogens (primary N) is 1. The number of carbonyl (C=O) groups is 1. The summed E-state index contributed by atoms with van der Waals surface area (Å²) >= 11 is 0. The van der Waals surface area contributed by atoms with Gasteiger partial charge in [-0.05, 0) is 25.0 Å². The van der Waals surface area contributed by atoms with Gasteiger partial charge in [0.1, 0.15) is 18.1 Å². The molecule has 0 spiro atoms. The fourth-order valence-electron chi connectivity index (χ4n) is 1.85. The van der Waals surface area contributed by atoms with Gasteiger partial charge in [-0.1, -0.05) is 18.2 Å². The monoisotopic (exact) mass is 307 g/mol. The maximum atomic E-state index is 13.4. The van der Waals surface area contributed by atoms with Crippen LogP contribution in [0.4, 0.5) is 4.39 Å². The normalized spacial score (nSPS) is 13.6. The number of amides is 1. The van der Waals surface area contributed by atoms with Gasteiger partial charge in [-0.2, -0.15) is 0 Å². The molecule has 6 nitrogen and oxygen atoms in total. The highest BCUT2D eigenvalue weighted by Crippen LogP contribution is 2.13. The zero-order valence-corrected chi connectivity index (χ0v) is 12.1. The Morgan fingerprint density at radius 2 is 2.23 bits per heavy atom. The zero-order chi connectivity index (χ0) is 16.1. The van der Waals surface area contributed by atoms with Crippen molar-refractivity contribution in [3.63, 3.8) is 0 Å². The Morgan fingerprint density at radius 3 is 2.91 bits per heavy atom. The standard InChI is InChI=1S/C15H18FN3O3/c1-9(20)13(17)15-19-12(8-22-15)14(21)18-7-6-10-4-2-3-5-11(10)16/h2-5,8-9,13,20H,6-7,17H2,1H3,(H,18,21). The van der Waals surface area contributed by atoms with Crippen LogP contribution >= 0.6 is 0 Å². The molecule has 1 heterocycles. The molecular weight excluding hydrogens is 289 g/mol. The van der Waals surface area contributed by atoms with Crippen LogP contribution in [-0.4, -0.2) is 28.6 Å². The summed E-state index contributed by atoms with van der Waals surface area (Å²) < 4.78 is 18.5. The third-order valence-electron chi connectivity index (χ3n) is 3.20. The van der Waals surface area contributed by atoms with Gasteiger partial charge in [0, 0.05) is 6.54 Å². The van der Waals surface area contributed by atoms with Crippen molar-refractivity contribution >= 4 is 5.91 Å². The molecule has 0 radical (unpaired) electrons. The van der Waals surface area contributed by atoms with Crippen LogP contribution in [0.2, 0.25) is 0 Å². The minimum absolute atomic E-state index is 0.0691. The highest BCUT2D eigenvalue weighted by atomic mass is 19.1. The Balaban J connectivity index is 1.89. The van der Waals surface area contributed by atoms with Crippen molar-refractivity contribution in [2.45, 2.75) is 25.5 Å². The molecule has 2 aromatic rings. The first-order valence-corrected chi connectivity index (χ1v) is 6.89. The Bertz CT molecular complexity index is 642. The molecule has 1 aromatic carbocycles. The predicted molar refractivity (Wildman–Crippen MR) is 77.5 cm³/mol. The maximum Gasteiger partial charge on any atom is 0.273 e. The number of hydrogen-bond acceptors (Lipinski definition) is 5. The molecule has 0 aliphatic heterocycles. The molecule has 118 valence electrons. The molecule has 1 amide bonds. The quantitative estimate of drug-likeness (QED) is 0.743. The third kappa shape index (κ3) is 3.90. The fourth-order valence-corrected chi connectivity index (χ4v) is 1.85. The lowest BCUT2D eigenvalue weighted by atomic mass is 10.1. The fraction of sp³-hybridized carbons (Fsp3) is 0.333. The molecule has 0 aliphatic carbocycles. The van der Waals surface area contributed by atoms with Crippen molar-refractivity contribution in [2.24, 2.45) is 5.73 Å². The number of aliphatic hydroxyl groups is 1. The molecule has 7 heteroatoms. The number of benzene rings is 1. The van der Waals surface area contributed by atoms with Crippen LogP contribution in [0.15, 0.2) is 34.9 Å². The van der Waals surface area contributed by atoms with E-state index in [1.54, 1.807) is 18.2 Å². The van der Waals surface area contributed by atoms with E-state index in [1.165, 1.54) is 19.3 Å². The summed E-state index contributed by atoms with van der Waals surface area (Å²) in [6.07, 6.45) is 0.711. The summed E-state index contributed by atoms with van der Waals surface area (Å²) in [6.45, 7) is 1.77. The van der Waals surface area contributed by atoms with Crippen LogP contribution in [0.5, 0.6) is 0 Å². The van der Waals surface area contributed by atoms with E-state index in [0.717, 1.165) is 0 Å². The summed E-state index contributed by atoms with van der Waals surface area (Å²) in [5.41, 5.74) is 6.26. The van der Waals surface area contributed by atoms with E-state index < -0.39 is 18.1 Å². The van der Waals surface area contributed by atoms with E-state index in [0.29, 0.717) is 12.0 Å². The zero-order valence-electron chi connectivity index (χ0n) is 12.1. The second-order valence-corrected chi connectivity index (χ2v) is 4.93. The second-order valence-electron chi connectivity index (χ2n) is 4.93. The molecule has 1 aromatic heterocycles. The lowest BCUT2D eigenvalue weighted by Gasteiger charge is -2.09. The Hall–Kier alpha value is -2.25. The van der Waals surface area contributed by atoms with Crippen LogP contribution in [0, 0.1) is 5.82 Å². The summed E-state index contributed by atoms with van der Waals surface area (Å²) in [7, 11) is 0. The number of nitrogens with zero attached hydrogens (tertiary/aromatic N) is 1. The molecular formula is C15H18FN3O3. The van der Waals surface area contributed by atoms with Crippen LogP contribution in [0.1, 0.15) is 34.9 Å². The smallest absolute Gasteiger partial charge is 0.273 e. The van der Waals surface area contributed by atoms with E-state index in [4.69, 9.17) is 10.2 Å². The van der Waals surface area contributed by atoms with Gasteiger partial charge in [-0.25, -0.2) is 9.37 Å². The van der Waals surface area contributed by atoms with Gasteiger partial charge >= 0.3 is 0 Å². The largest absolute Gasteiger partial charge is 0.446 e. The molecule has 0 saturated carbocycles. The Labute approximate surface area is 127 Å². The number of aliphatic hydroxyl groups excluding tert-OH is 1. The molecule has 2 atom stereocenters. The van der Waals surface area contributed by atoms with Gasteiger partial charge in [-0.3, -0.25) is 4.79 Å². The maximum absolute atomic E-state index is 13.4. The first kappa shape index (κ1) is 16.1. The van der Waals surface area contributed by atoms with Crippen molar-refractivity contribution < 1.29 is 18.7 Å². The Morgan fingerprint density at radius 1 is 1.50 bits per heavy atom. The van der Waals surface area contributed by atoms with E-state index in [2.05, 4.69) is 10.3 Å². The van der Waals surface area contributed by atoms with Gasteiger partial charge in [0.25, 0.3) is 5.91 Å². The summed E-state index contributed by atoms with van der Waals surface area (Å²) in [5, 5.41) is 12.0. The molecule has 22 heavy (non-hydrogen) atoms. The van der Waals surface area contributed by atoms with E-state index in [9.17, 15) is 14.3 Å². The average Bonchev–Trinajstić information content (AvgIpc) is 2.98. The summed E-state index contributed by atoms with van der Waals surface area (Å²) in [4.78, 5) is 15.8. The van der Waals surface area contributed by atoms with Crippen LogP contribution in [0.25, 0.3) is 0 Å². The topological polar surface area (TPSA) is 101 Å². The molecule has 2 unspecified atom stereocenters. The highest BCUT2D eigenvalue weighted by molar-refractivity contribution is 5.91. The number of rotatable bonds is 6. The summed E-state index contributed by atoms with van der Waals surface area (Å²) in [5.74, 6) is -0.651. The molecule has 0 fully saturated rings. The van der Waals surface area contributed by atoms with Gasteiger partial charge in [0.15, 0.2) is 5.69 Å². The summed E-state index contributed by atoms with van der Waals surface area (Å²) in [6, 6.07) is 5.59. The second kappa shape index (κ2) is 7.15. The molecule has 2 rings (SSSR count). The predicted octanol–water partition coefficient (Wildman–Crippen LogP) is 1.17. The molecule has 4 N–H and O–H groups in total. The number of halogens is 1. The number of oxazole rings is 1. The van der Waals surface area contributed by atoms with Crippen molar-refractivity contribution in [3.05, 3.63) is 53.5 Å². The lowest BCUT2D eigenvalue weighted by Crippen LogP contribution is -2.27. The van der Waals surface area contributed by atoms with Gasteiger partial charge in [0.2, 0.25) is 5.89 Å². The highest BCUT2D eigenvalue weighted by Gasteiger charge is 2.20. The van der Waals surface area contributed by atoms with E-state index in [1.807, 2.05) is 0 Å². The van der Waals surface area contributed by atoms with Crippen molar-refractivity contribution in [3.8, 4) is 0 Å². The Kier molecular flexibility index (Phi) is 5.24. The number of carbonyl (C=O) groups excluding carboxylic acids is 1. The SMILES string of the molecule is CC(O)C(N)c1nc(C(=O)NCCc2ccccc2F)co1. The minimum Gasteiger partial charge on any atom is -0.446 e. The lowest BCUT2D eigenvalue weighted by molar-refractivity contribution is 0.0948. The first-order valence-electron chi connectivity index (χ1n) is 6.89. The average molecular weight is 307 g/mol. The van der Waals surface area contributed by atoms with Gasteiger partial charge in [0.05, 0.1) is 6.10 Å². The first-order chi connectivity index (χ1) is 10.5. The number of aromatic nitrogens is 1. The van der Waals surface area contributed by atoms with Crippen LogP contribution < -0.4 is 11.1 Å². The van der Waals surface area contributed by atoms with Gasteiger partial charge < -0.3 is 20.6 Å². The van der Waals surface area contributed by atoms with Crippen molar-refractivity contribution in [2.75, 3.05) is 6.54 Å². The number of hydrogen-bond donors (Lipinski definition) is 3.